The van der Waals surface area contributed by atoms with Crippen LogP contribution in [0.1, 0.15) is 21.3 Å². The minimum absolute atomic E-state index is 0. The van der Waals surface area contributed by atoms with Crippen molar-refractivity contribution in [3.8, 4) is 12.1 Å². The van der Waals surface area contributed by atoms with Crippen LogP contribution >= 0.6 is 0 Å². The molecule has 3 aromatic carbocycles. The number of nitriles is 2. The van der Waals surface area contributed by atoms with E-state index >= 15 is 0 Å². The van der Waals surface area contributed by atoms with E-state index in [0.29, 0.717) is 29.4 Å². The van der Waals surface area contributed by atoms with Crippen LogP contribution in [-0.4, -0.2) is 33.2 Å². The van der Waals surface area contributed by atoms with Crippen molar-refractivity contribution < 1.29 is 14.8 Å². The highest BCUT2D eigenvalue weighted by atomic mass is 16.6. The smallest absolute Gasteiger partial charge is 0.281 e. The van der Waals surface area contributed by atoms with Crippen molar-refractivity contribution >= 4 is 50.8 Å². The lowest BCUT2D eigenvalue weighted by Crippen LogP contribution is -1.94. The van der Waals surface area contributed by atoms with Crippen molar-refractivity contribution in [3.63, 3.8) is 0 Å². The van der Waals surface area contributed by atoms with E-state index in [2.05, 4.69) is 29.2 Å². The fourth-order valence-electron chi connectivity index (χ4n) is 2.63. The highest BCUT2D eigenvalue weighted by molar-refractivity contribution is 5.78. The zero-order chi connectivity index (χ0) is 34.2. The molecule has 0 aliphatic rings. The maximum atomic E-state index is 10.3. The first kappa shape index (κ1) is 41.0. The van der Waals surface area contributed by atoms with E-state index in [1.54, 1.807) is 62.6 Å². The number of nitrogens with zero attached hydrogens (tertiary/aromatic N) is 7. The van der Waals surface area contributed by atoms with Crippen LogP contribution in [0.2, 0.25) is 0 Å². The molecule has 0 saturated carbocycles. The molecule has 15 heteroatoms. The lowest BCUT2D eigenvalue weighted by Gasteiger charge is -1.97. The van der Waals surface area contributed by atoms with Gasteiger partial charge in [0.2, 0.25) is 0 Å². The molecule has 4 aromatic rings. The summed E-state index contributed by atoms with van der Waals surface area (Å²) in [6.07, 6.45) is 2.78. The summed E-state index contributed by atoms with van der Waals surface area (Å²) in [5, 5.41) is 34.1. The second kappa shape index (κ2) is 23.4. The van der Waals surface area contributed by atoms with Gasteiger partial charge in [0.25, 0.3) is 5.69 Å². The molecule has 0 aliphatic carbocycles. The molecular weight excluding hydrogens is 590 g/mol. The number of hydrogen-bond acceptors (Lipinski definition) is 10. The summed E-state index contributed by atoms with van der Waals surface area (Å²) in [4.78, 5) is 26.2. The number of nitrogens with two attached hydrogens (primary N) is 3. The number of nitrogens with one attached hydrogen (secondary N) is 1. The lowest BCUT2D eigenvalue weighted by atomic mass is 10.2. The molecule has 236 valence electrons. The highest BCUT2D eigenvalue weighted by Crippen LogP contribution is 2.26. The topological polar surface area (TPSA) is 240 Å². The van der Waals surface area contributed by atoms with Crippen LogP contribution in [-0.2, 0) is 4.74 Å². The number of aliphatic hydroxyl groups excluding tert-OH is 1. The van der Waals surface area contributed by atoms with Gasteiger partial charge >= 0.3 is 0 Å². The molecule has 0 saturated heterocycles. The minimum Gasteiger partial charge on any atom is -0.499 e. The van der Waals surface area contributed by atoms with Crippen LogP contribution in [0.5, 0.6) is 0 Å². The second-order valence-corrected chi connectivity index (χ2v) is 7.78. The van der Waals surface area contributed by atoms with Crippen molar-refractivity contribution in [2.24, 2.45) is 0 Å². The predicted octanol–water partition coefficient (Wildman–Crippen LogP) is 6.83. The molecule has 46 heavy (non-hydrogen) atoms. The number of aromatic nitrogens is 2. The van der Waals surface area contributed by atoms with Crippen molar-refractivity contribution in [3.05, 3.63) is 117 Å². The molecule has 0 aliphatic heterocycles. The third-order valence-corrected chi connectivity index (χ3v) is 4.68. The van der Waals surface area contributed by atoms with Gasteiger partial charge in [-0.25, -0.2) is 19.5 Å². The maximum Gasteiger partial charge on any atom is 0.281 e. The Morgan fingerprint density at radius 2 is 1.46 bits per heavy atom. The molecule has 4 rings (SSSR count). The van der Waals surface area contributed by atoms with Crippen molar-refractivity contribution in [1.82, 2.24) is 9.97 Å². The number of benzene rings is 3. The summed E-state index contributed by atoms with van der Waals surface area (Å²) in [5.74, 6) is 0. The Bertz CT molecular complexity index is 1780. The standard InChI is InChI=1S/C8H5N3.C7H5N3O2.C7H7N3.C6H6N2O.C2H6O.CH4/c1-9-6-2-3-7-8(4-6)11-5-10-7;1-9-5-2-3-6(8)7(4-5)10(11)12;1-10-5-2-3-6(8)7(9)4-5;1-2-9-5-6(3-7)4-8;1-2-3;/h2-5H,(H,10,11);2-4H,8H2;2-4H,8-9H2;5H,2H2,1H3;3H,2H2,1H3;1H4. The zero-order valence-electron chi connectivity index (χ0n) is 24.3. The fourth-order valence-corrected chi connectivity index (χ4v) is 2.63. The van der Waals surface area contributed by atoms with Crippen molar-refractivity contribution in [2.45, 2.75) is 21.3 Å². The number of allylic oxidation sites excluding steroid dienone is 1. The van der Waals surface area contributed by atoms with E-state index in [0.717, 1.165) is 23.4 Å². The van der Waals surface area contributed by atoms with Gasteiger partial charge in [0, 0.05) is 18.4 Å². The Kier molecular flexibility index (Phi) is 20.9. The first-order valence-corrected chi connectivity index (χ1v) is 12.5. The van der Waals surface area contributed by atoms with E-state index in [9.17, 15) is 10.1 Å². The number of ether oxygens (including phenoxy) is 1. The first-order valence-electron chi connectivity index (χ1n) is 12.5. The van der Waals surface area contributed by atoms with Gasteiger partial charge in [0.15, 0.2) is 22.6 Å². The number of nitrogen functional groups attached to an aromatic ring is 3. The van der Waals surface area contributed by atoms with Crippen LogP contribution in [0, 0.1) is 52.5 Å². The molecule has 0 radical (unpaired) electrons. The Balaban J connectivity index is 0. The van der Waals surface area contributed by atoms with E-state index in [-0.39, 0.29) is 36.7 Å². The van der Waals surface area contributed by atoms with E-state index in [4.69, 9.17) is 52.5 Å². The van der Waals surface area contributed by atoms with Crippen molar-refractivity contribution in [1.29, 1.82) is 10.5 Å². The Labute approximate surface area is 267 Å². The number of rotatable bonds is 3. The number of hydrogen-bond donors (Lipinski definition) is 5. The molecule has 0 atom stereocenters. The number of nitro benzene ring substituents is 1. The number of fused-ring (bicyclic) bond motifs is 1. The SMILES string of the molecule is C.CCO.CCOC=C(C#N)C#N.[C-]#[N+]c1ccc(N)c(N)c1.[C-]#[N+]c1ccc(N)c([N+](=O)[O-])c1.[C-]#[N+]c1ccc2nc[nH]c2c1. The van der Waals surface area contributed by atoms with Gasteiger partial charge in [-0.15, -0.1) is 0 Å². The molecule has 0 spiro atoms. The molecule has 8 N–H and O–H groups in total. The Morgan fingerprint density at radius 3 is 1.93 bits per heavy atom. The van der Waals surface area contributed by atoms with Crippen molar-refractivity contribution in [2.75, 3.05) is 30.4 Å². The minimum atomic E-state index is -0.607. The van der Waals surface area contributed by atoms with Gasteiger partial charge in [0.05, 0.1) is 54.3 Å². The third-order valence-electron chi connectivity index (χ3n) is 4.68. The first-order chi connectivity index (χ1) is 21.5. The quantitative estimate of drug-likeness (QED) is 0.0397. The van der Waals surface area contributed by atoms with Crippen LogP contribution in [0.25, 0.3) is 25.6 Å². The van der Waals surface area contributed by atoms with E-state index in [1.807, 2.05) is 6.07 Å². The Hall–Kier alpha value is -7.12. The summed E-state index contributed by atoms with van der Waals surface area (Å²) >= 11 is 0. The lowest BCUT2D eigenvalue weighted by molar-refractivity contribution is -0.383. The predicted molar refractivity (Wildman–Crippen MR) is 178 cm³/mol. The maximum absolute atomic E-state index is 10.3. The summed E-state index contributed by atoms with van der Waals surface area (Å²) in [7, 11) is 0. The molecule has 0 fully saturated rings. The third kappa shape index (κ3) is 15.2. The zero-order valence-corrected chi connectivity index (χ0v) is 24.3. The summed E-state index contributed by atoms with van der Waals surface area (Å²) in [6.45, 7) is 24.2. The largest absolute Gasteiger partial charge is 0.499 e. The van der Waals surface area contributed by atoms with Gasteiger partial charge in [-0.05, 0) is 44.2 Å². The van der Waals surface area contributed by atoms with E-state index in [1.165, 1.54) is 12.1 Å². The molecule has 0 bridgehead atoms. The monoisotopic (exact) mass is 623 g/mol. The highest BCUT2D eigenvalue weighted by Gasteiger charge is 2.10. The molecule has 15 nitrogen and oxygen atoms in total. The van der Waals surface area contributed by atoms with Crippen LogP contribution < -0.4 is 17.2 Å². The van der Waals surface area contributed by atoms with Crippen LogP contribution in [0.3, 0.4) is 0 Å². The molecule has 0 amide bonds. The van der Waals surface area contributed by atoms with Gasteiger partial charge in [0.1, 0.15) is 24.1 Å². The van der Waals surface area contributed by atoms with Gasteiger partial charge < -0.3 is 32.0 Å². The fraction of sp³-hybridized carbons (Fsp3) is 0.161. The van der Waals surface area contributed by atoms with Crippen LogP contribution in [0.4, 0.5) is 39.8 Å². The van der Waals surface area contributed by atoms with Crippen LogP contribution in [0.15, 0.2) is 72.8 Å². The van der Waals surface area contributed by atoms with E-state index < -0.39 is 4.92 Å². The normalized spacial score (nSPS) is 8.22. The van der Waals surface area contributed by atoms with Gasteiger partial charge in [-0.1, -0.05) is 25.6 Å². The molecule has 0 unspecified atom stereocenters. The average Bonchev–Trinajstić information content (AvgIpc) is 3.52. The van der Waals surface area contributed by atoms with Gasteiger partial charge in [-0.2, -0.15) is 10.5 Å². The Morgan fingerprint density at radius 1 is 0.957 bits per heavy atom. The molecular formula is C31H33N11O4. The number of aliphatic hydroxyl groups is 1. The summed E-state index contributed by atoms with van der Waals surface area (Å²) in [6, 6.07) is 17.5. The average molecular weight is 624 g/mol. The molecule has 1 aromatic heterocycles. The number of imidazole rings is 1. The second-order valence-electron chi connectivity index (χ2n) is 7.78. The summed E-state index contributed by atoms with van der Waals surface area (Å²) in [5.41, 5.74) is 20.2. The van der Waals surface area contributed by atoms with Gasteiger partial charge in [-0.3, -0.25) is 10.1 Å². The number of nitro groups is 1. The number of H-pyrrole nitrogens is 1. The number of anilines is 3. The summed E-state index contributed by atoms with van der Waals surface area (Å²) < 4.78 is 4.67. The number of aromatic amines is 1. The molecule has 1 heterocycles.